The number of anilines is 1. The third-order valence-corrected chi connectivity index (χ3v) is 5.01. The zero-order chi connectivity index (χ0) is 21.7. The Morgan fingerprint density at radius 3 is 2.13 bits per heavy atom. The number of benzene rings is 3. The Hall–Kier alpha value is -3.69. The maximum Gasteiger partial charge on any atom is 0.338 e. The van der Waals surface area contributed by atoms with Crippen LogP contribution in [0.3, 0.4) is 0 Å². The highest BCUT2D eigenvalue weighted by Gasteiger charge is 2.12. The molecular formula is C21H18N2O6S. The molecule has 0 unspecified atom stereocenters. The number of nitrogens with two attached hydrogens (primary N) is 1. The van der Waals surface area contributed by atoms with E-state index in [1.807, 2.05) is 0 Å². The lowest BCUT2D eigenvalue weighted by molar-refractivity contribution is -0.119. The first-order valence-electron chi connectivity index (χ1n) is 8.72. The number of primary sulfonamides is 1. The molecule has 0 bridgehead atoms. The average molecular weight is 426 g/mol. The van der Waals surface area contributed by atoms with E-state index in [0.717, 1.165) is 11.1 Å². The van der Waals surface area contributed by atoms with Crippen LogP contribution in [0.1, 0.15) is 10.4 Å². The van der Waals surface area contributed by atoms with E-state index in [1.54, 1.807) is 48.5 Å². The number of hydrogen-bond donors (Lipinski definition) is 3. The van der Waals surface area contributed by atoms with E-state index in [4.69, 9.17) is 9.88 Å². The smallest absolute Gasteiger partial charge is 0.338 e. The normalized spacial score (nSPS) is 11.0. The molecule has 154 valence electrons. The van der Waals surface area contributed by atoms with Crippen LogP contribution in [0.25, 0.3) is 11.1 Å². The number of hydrogen-bond acceptors (Lipinski definition) is 6. The molecule has 4 N–H and O–H groups in total. The van der Waals surface area contributed by atoms with Crippen molar-refractivity contribution >= 4 is 27.6 Å². The molecule has 0 fully saturated rings. The van der Waals surface area contributed by atoms with Crippen LogP contribution in [0.2, 0.25) is 0 Å². The van der Waals surface area contributed by atoms with Gasteiger partial charge in [0.15, 0.2) is 6.61 Å². The highest BCUT2D eigenvalue weighted by molar-refractivity contribution is 7.89. The third kappa shape index (κ3) is 5.43. The van der Waals surface area contributed by atoms with E-state index in [1.165, 1.54) is 24.3 Å². The van der Waals surface area contributed by atoms with E-state index in [-0.39, 0.29) is 21.9 Å². The molecule has 0 saturated heterocycles. The van der Waals surface area contributed by atoms with Gasteiger partial charge in [-0.25, -0.2) is 18.4 Å². The molecule has 0 atom stereocenters. The van der Waals surface area contributed by atoms with Crippen LogP contribution in [-0.2, 0) is 19.6 Å². The SMILES string of the molecule is NS(=O)(=O)c1cccc(NC(=O)COC(=O)c2ccc(-c3ccc(O)cc3)cc2)c1. The molecule has 0 radical (unpaired) electrons. The largest absolute Gasteiger partial charge is 0.508 e. The molecule has 0 aliphatic carbocycles. The number of phenolic OH excluding ortho intramolecular Hbond substituents is 1. The average Bonchev–Trinajstić information content (AvgIpc) is 2.72. The van der Waals surface area contributed by atoms with E-state index >= 15 is 0 Å². The van der Waals surface area contributed by atoms with Crippen molar-refractivity contribution < 1.29 is 27.9 Å². The summed E-state index contributed by atoms with van der Waals surface area (Å²) in [5.74, 6) is -1.15. The number of ether oxygens (including phenoxy) is 1. The standard InChI is InChI=1S/C21H18N2O6S/c22-30(27,28)19-3-1-2-17(12-19)23-20(25)13-29-21(26)16-6-4-14(5-7-16)15-8-10-18(24)11-9-15/h1-12,24H,13H2,(H,23,25)(H2,22,27,28). The van der Waals surface area contributed by atoms with Gasteiger partial charge in [0, 0.05) is 5.69 Å². The van der Waals surface area contributed by atoms with Gasteiger partial charge in [0.1, 0.15) is 5.75 Å². The Kier molecular flexibility index (Phi) is 6.14. The second-order valence-corrected chi connectivity index (χ2v) is 7.88. The molecule has 0 aliphatic rings. The van der Waals surface area contributed by atoms with Crippen molar-refractivity contribution in [1.29, 1.82) is 0 Å². The molecule has 0 aliphatic heterocycles. The summed E-state index contributed by atoms with van der Waals surface area (Å²) in [5.41, 5.74) is 2.19. The molecule has 9 heteroatoms. The molecule has 30 heavy (non-hydrogen) atoms. The molecule has 0 aromatic heterocycles. The van der Waals surface area contributed by atoms with Crippen LogP contribution in [0.5, 0.6) is 5.75 Å². The van der Waals surface area contributed by atoms with Gasteiger partial charge in [0.2, 0.25) is 10.0 Å². The van der Waals surface area contributed by atoms with Gasteiger partial charge in [0.25, 0.3) is 5.91 Å². The quantitative estimate of drug-likeness (QED) is 0.518. The predicted molar refractivity (Wildman–Crippen MR) is 110 cm³/mol. The maximum atomic E-state index is 12.1. The fraction of sp³-hybridized carbons (Fsp3) is 0.0476. The fourth-order valence-corrected chi connectivity index (χ4v) is 3.17. The zero-order valence-corrected chi connectivity index (χ0v) is 16.4. The number of phenols is 1. The van der Waals surface area contributed by atoms with Gasteiger partial charge < -0.3 is 15.2 Å². The van der Waals surface area contributed by atoms with Gasteiger partial charge in [-0.2, -0.15) is 0 Å². The molecule has 3 rings (SSSR count). The first-order valence-corrected chi connectivity index (χ1v) is 10.3. The summed E-state index contributed by atoms with van der Waals surface area (Å²) >= 11 is 0. The minimum absolute atomic E-state index is 0.147. The van der Waals surface area contributed by atoms with Crippen molar-refractivity contribution in [3.8, 4) is 16.9 Å². The van der Waals surface area contributed by atoms with Crippen LogP contribution < -0.4 is 10.5 Å². The van der Waals surface area contributed by atoms with E-state index < -0.39 is 28.5 Å². The van der Waals surface area contributed by atoms with Crippen LogP contribution >= 0.6 is 0 Å². The van der Waals surface area contributed by atoms with Gasteiger partial charge >= 0.3 is 5.97 Å². The third-order valence-electron chi connectivity index (χ3n) is 4.10. The topological polar surface area (TPSA) is 136 Å². The summed E-state index contributed by atoms with van der Waals surface area (Å²) < 4.78 is 27.7. The second-order valence-electron chi connectivity index (χ2n) is 6.32. The van der Waals surface area contributed by atoms with Crippen LogP contribution in [0.15, 0.2) is 77.7 Å². The first kappa shape index (κ1) is 21.0. The first-order chi connectivity index (χ1) is 14.2. The Bertz CT molecular complexity index is 1170. The lowest BCUT2D eigenvalue weighted by Crippen LogP contribution is -2.21. The highest BCUT2D eigenvalue weighted by atomic mass is 32.2. The Morgan fingerprint density at radius 2 is 1.53 bits per heavy atom. The van der Waals surface area contributed by atoms with Gasteiger partial charge in [-0.05, 0) is 53.6 Å². The summed E-state index contributed by atoms with van der Waals surface area (Å²) in [6.45, 7) is -0.544. The summed E-state index contributed by atoms with van der Waals surface area (Å²) in [5, 5.41) is 16.8. The number of rotatable bonds is 6. The van der Waals surface area contributed by atoms with Crippen molar-refractivity contribution in [3.63, 3.8) is 0 Å². The summed E-state index contributed by atoms with van der Waals surface area (Å²) in [6, 6.07) is 18.6. The number of amides is 1. The van der Waals surface area contributed by atoms with Crippen molar-refractivity contribution in [1.82, 2.24) is 0 Å². The molecular weight excluding hydrogens is 408 g/mol. The number of sulfonamides is 1. The molecule has 0 spiro atoms. The van der Waals surface area contributed by atoms with Crippen molar-refractivity contribution in [2.75, 3.05) is 11.9 Å². The number of aromatic hydroxyl groups is 1. The van der Waals surface area contributed by atoms with Gasteiger partial charge in [-0.1, -0.05) is 30.3 Å². The van der Waals surface area contributed by atoms with Gasteiger partial charge in [0.05, 0.1) is 10.5 Å². The van der Waals surface area contributed by atoms with Gasteiger partial charge in [-0.15, -0.1) is 0 Å². The number of esters is 1. The highest BCUT2D eigenvalue weighted by Crippen LogP contribution is 2.22. The van der Waals surface area contributed by atoms with E-state index in [0.29, 0.717) is 0 Å². The second kappa shape index (κ2) is 8.76. The lowest BCUT2D eigenvalue weighted by atomic mass is 10.0. The minimum atomic E-state index is -3.90. The Morgan fingerprint density at radius 1 is 0.933 bits per heavy atom. The number of nitrogens with one attached hydrogen (secondary N) is 1. The molecule has 1 amide bonds. The zero-order valence-electron chi connectivity index (χ0n) is 15.6. The van der Waals surface area contributed by atoms with Crippen molar-refractivity contribution in [2.45, 2.75) is 4.90 Å². The van der Waals surface area contributed by atoms with Crippen molar-refractivity contribution in [2.24, 2.45) is 5.14 Å². The molecule has 0 saturated carbocycles. The van der Waals surface area contributed by atoms with Crippen LogP contribution in [0.4, 0.5) is 5.69 Å². The molecule has 3 aromatic rings. The minimum Gasteiger partial charge on any atom is -0.508 e. The summed E-state index contributed by atoms with van der Waals surface area (Å²) in [6.07, 6.45) is 0. The van der Waals surface area contributed by atoms with E-state index in [2.05, 4.69) is 5.32 Å². The maximum absolute atomic E-state index is 12.1. The Balaban J connectivity index is 1.57. The summed E-state index contributed by atoms with van der Waals surface area (Å²) in [7, 11) is -3.90. The molecule has 3 aromatic carbocycles. The fourth-order valence-electron chi connectivity index (χ4n) is 2.61. The summed E-state index contributed by atoms with van der Waals surface area (Å²) in [4.78, 5) is 24.0. The predicted octanol–water partition coefficient (Wildman–Crippen LogP) is 2.50. The van der Waals surface area contributed by atoms with Crippen molar-refractivity contribution in [3.05, 3.63) is 78.4 Å². The number of carbonyl (C=O) groups excluding carboxylic acids is 2. The lowest BCUT2D eigenvalue weighted by Gasteiger charge is -2.08. The molecule has 0 heterocycles. The monoisotopic (exact) mass is 426 g/mol. The van der Waals surface area contributed by atoms with Crippen LogP contribution in [-0.4, -0.2) is 32.0 Å². The Labute approximate surface area is 173 Å². The number of carbonyl (C=O) groups is 2. The van der Waals surface area contributed by atoms with E-state index in [9.17, 15) is 23.1 Å². The van der Waals surface area contributed by atoms with Crippen LogP contribution in [0, 0.1) is 0 Å². The van der Waals surface area contributed by atoms with Gasteiger partial charge in [-0.3, -0.25) is 4.79 Å². The molecule has 8 nitrogen and oxygen atoms in total.